The third-order valence-electron chi connectivity index (χ3n) is 2.67. The number of unbranched alkanes of at least 4 members (excludes halogenated alkanes) is 1. The Morgan fingerprint density at radius 3 is 2.62 bits per heavy atom. The first-order valence-electron chi connectivity index (χ1n) is 6.07. The van der Waals surface area contributed by atoms with Crippen LogP contribution in [0.5, 0.6) is 0 Å². The lowest BCUT2D eigenvalue weighted by Gasteiger charge is -2.12. The minimum atomic E-state index is 0.482. The molecule has 1 heterocycles. The molecule has 0 saturated carbocycles. The van der Waals surface area contributed by atoms with Gasteiger partial charge in [0.2, 0.25) is 0 Å². The molecule has 16 heavy (non-hydrogen) atoms. The maximum absolute atomic E-state index is 3.58. The Hall–Kier alpha value is 0.140. The van der Waals surface area contributed by atoms with Crippen molar-refractivity contribution in [2.75, 3.05) is 6.54 Å². The van der Waals surface area contributed by atoms with Gasteiger partial charge >= 0.3 is 0 Å². The monoisotopic (exact) mass is 303 g/mol. The van der Waals surface area contributed by atoms with Gasteiger partial charge in [-0.05, 0) is 47.8 Å². The molecule has 0 aliphatic carbocycles. The van der Waals surface area contributed by atoms with Crippen molar-refractivity contribution in [3.63, 3.8) is 0 Å². The Bertz CT molecular complexity index is 296. The molecule has 0 aromatic carbocycles. The molecule has 1 rings (SSSR count). The van der Waals surface area contributed by atoms with Gasteiger partial charge in [0.15, 0.2) is 0 Å². The largest absolute Gasteiger partial charge is 0.309 e. The maximum Gasteiger partial charge on any atom is 0.0386 e. The van der Waals surface area contributed by atoms with Crippen LogP contribution in [-0.4, -0.2) is 6.54 Å². The number of thiophene rings is 1. The quantitative estimate of drug-likeness (QED) is 0.700. The molecule has 1 N–H and O–H groups in total. The summed E-state index contributed by atoms with van der Waals surface area (Å²) >= 11 is 5.31. The average molecular weight is 304 g/mol. The van der Waals surface area contributed by atoms with Crippen molar-refractivity contribution in [1.29, 1.82) is 0 Å². The van der Waals surface area contributed by atoms with E-state index in [0.717, 1.165) is 12.5 Å². The van der Waals surface area contributed by atoms with Gasteiger partial charge < -0.3 is 5.32 Å². The highest BCUT2D eigenvalue weighted by atomic mass is 79.9. The molecular weight excluding hydrogens is 282 g/mol. The SMILES string of the molecule is CC(C)CCCCNC(C)c1cc(Br)cs1. The second kappa shape index (κ2) is 7.46. The fourth-order valence-electron chi connectivity index (χ4n) is 1.65. The molecule has 0 fully saturated rings. The van der Waals surface area contributed by atoms with Crippen molar-refractivity contribution >= 4 is 27.3 Å². The molecule has 1 aromatic heterocycles. The number of nitrogens with one attached hydrogen (secondary N) is 1. The Morgan fingerprint density at radius 2 is 2.06 bits per heavy atom. The lowest BCUT2D eigenvalue weighted by Crippen LogP contribution is -2.19. The van der Waals surface area contributed by atoms with Crippen LogP contribution in [0, 0.1) is 5.92 Å². The molecule has 0 spiro atoms. The highest BCUT2D eigenvalue weighted by Crippen LogP contribution is 2.25. The predicted octanol–water partition coefficient (Wildman–Crippen LogP) is 4.99. The van der Waals surface area contributed by atoms with Crippen molar-refractivity contribution in [2.45, 2.75) is 46.1 Å². The summed E-state index contributed by atoms with van der Waals surface area (Å²) < 4.78 is 1.20. The van der Waals surface area contributed by atoms with Crippen LogP contribution in [0.1, 0.15) is 51.0 Å². The van der Waals surface area contributed by atoms with Crippen molar-refractivity contribution in [3.8, 4) is 0 Å². The fraction of sp³-hybridized carbons (Fsp3) is 0.692. The van der Waals surface area contributed by atoms with Crippen LogP contribution in [0.15, 0.2) is 15.9 Å². The third-order valence-corrected chi connectivity index (χ3v) is 4.55. The molecular formula is C13H22BrNS. The van der Waals surface area contributed by atoms with Gasteiger partial charge in [0.1, 0.15) is 0 Å². The molecule has 1 aromatic rings. The van der Waals surface area contributed by atoms with Gasteiger partial charge in [-0.25, -0.2) is 0 Å². The van der Waals surface area contributed by atoms with E-state index in [2.05, 4.69) is 53.5 Å². The van der Waals surface area contributed by atoms with Gasteiger partial charge in [-0.3, -0.25) is 0 Å². The lowest BCUT2D eigenvalue weighted by atomic mass is 10.1. The zero-order chi connectivity index (χ0) is 12.0. The summed E-state index contributed by atoms with van der Waals surface area (Å²) in [6, 6.07) is 2.69. The molecule has 1 unspecified atom stereocenters. The molecule has 0 aliphatic rings. The first kappa shape index (κ1) is 14.2. The minimum Gasteiger partial charge on any atom is -0.309 e. The zero-order valence-corrected chi connectivity index (χ0v) is 12.8. The average Bonchev–Trinajstić information content (AvgIpc) is 2.63. The summed E-state index contributed by atoms with van der Waals surface area (Å²) in [6.45, 7) is 7.95. The van der Waals surface area contributed by atoms with Crippen molar-refractivity contribution < 1.29 is 0 Å². The van der Waals surface area contributed by atoms with E-state index in [0.29, 0.717) is 6.04 Å². The maximum atomic E-state index is 3.58. The first-order valence-corrected chi connectivity index (χ1v) is 7.74. The first-order chi connectivity index (χ1) is 7.59. The van der Waals surface area contributed by atoms with E-state index in [1.165, 1.54) is 28.6 Å². The zero-order valence-electron chi connectivity index (χ0n) is 10.4. The fourth-order valence-corrected chi connectivity index (χ4v) is 3.13. The standard InChI is InChI=1S/C13H22BrNS/c1-10(2)6-4-5-7-15-11(3)13-8-12(14)9-16-13/h8-11,15H,4-7H2,1-3H3. The highest BCUT2D eigenvalue weighted by Gasteiger charge is 2.06. The molecule has 0 radical (unpaired) electrons. The second-order valence-electron chi connectivity index (χ2n) is 4.73. The van der Waals surface area contributed by atoms with Crippen LogP contribution in [0.2, 0.25) is 0 Å². The minimum absolute atomic E-state index is 0.482. The van der Waals surface area contributed by atoms with Crippen molar-refractivity contribution in [1.82, 2.24) is 5.32 Å². The van der Waals surface area contributed by atoms with E-state index in [-0.39, 0.29) is 0 Å². The topological polar surface area (TPSA) is 12.0 Å². The summed E-state index contributed by atoms with van der Waals surface area (Å²) in [5.74, 6) is 0.839. The number of hydrogen-bond donors (Lipinski definition) is 1. The Morgan fingerprint density at radius 1 is 1.31 bits per heavy atom. The second-order valence-corrected chi connectivity index (χ2v) is 6.59. The van der Waals surface area contributed by atoms with Crippen LogP contribution in [0.3, 0.4) is 0 Å². The molecule has 92 valence electrons. The summed E-state index contributed by atoms with van der Waals surface area (Å²) in [6.07, 6.45) is 3.97. The molecule has 1 atom stereocenters. The highest BCUT2D eigenvalue weighted by molar-refractivity contribution is 9.10. The van der Waals surface area contributed by atoms with E-state index >= 15 is 0 Å². The van der Waals surface area contributed by atoms with Crippen LogP contribution >= 0.6 is 27.3 Å². The van der Waals surface area contributed by atoms with Crippen LogP contribution in [0.4, 0.5) is 0 Å². The van der Waals surface area contributed by atoms with Gasteiger partial charge in [0.05, 0.1) is 0 Å². The van der Waals surface area contributed by atoms with Crippen molar-refractivity contribution in [2.24, 2.45) is 5.92 Å². The number of halogens is 1. The molecule has 0 saturated heterocycles. The summed E-state index contributed by atoms with van der Waals surface area (Å²) in [7, 11) is 0. The summed E-state index contributed by atoms with van der Waals surface area (Å²) in [5, 5.41) is 5.72. The molecule has 0 bridgehead atoms. The van der Waals surface area contributed by atoms with E-state index in [4.69, 9.17) is 0 Å². The number of rotatable bonds is 7. The Balaban J connectivity index is 2.13. The van der Waals surface area contributed by atoms with Crippen LogP contribution < -0.4 is 5.32 Å². The van der Waals surface area contributed by atoms with Gasteiger partial charge in [-0.2, -0.15) is 0 Å². The van der Waals surface area contributed by atoms with Gasteiger partial charge in [-0.1, -0.05) is 26.7 Å². The van der Waals surface area contributed by atoms with Crippen molar-refractivity contribution in [3.05, 3.63) is 20.8 Å². The Labute approximate surface area is 112 Å². The smallest absolute Gasteiger partial charge is 0.0386 e. The molecule has 0 amide bonds. The summed E-state index contributed by atoms with van der Waals surface area (Å²) in [5.41, 5.74) is 0. The molecule has 3 heteroatoms. The normalized spacial score (nSPS) is 13.3. The molecule has 1 nitrogen and oxygen atoms in total. The van der Waals surface area contributed by atoms with E-state index in [9.17, 15) is 0 Å². The van der Waals surface area contributed by atoms with E-state index < -0.39 is 0 Å². The molecule has 0 aliphatic heterocycles. The third kappa shape index (κ3) is 5.46. The predicted molar refractivity (Wildman–Crippen MR) is 77.1 cm³/mol. The van der Waals surface area contributed by atoms with Crippen LogP contribution in [-0.2, 0) is 0 Å². The van der Waals surface area contributed by atoms with Gasteiger partial charge in [0.25, 0.3) is 0 Å². The number of hydrogen-bond acceptors (Lipinski definition) is 2. The van der Waals surface area contributed by atoms with E-state index in [1.54, 1.807) is 0 Å². The Kier molecular flexibility index (Phi) is 6.62. The van der Waals surface area contributed by atoms with Gasteiger partial charge in [0, 0.05) is 20.8 Å². The van der Waals surface area contributed by atoms with E-state index in [1.807, 2.05) is 11.3 Å². The lowest BCUT2D eigenvalue weighted by molar-refractivity contribution is 0.500. The van der Waals surface area contributed by atoms with Gasteiger partial charge in [-0.15, -0.1) is 11.3 Å². The summed E-state index contributed by atoms with van der Waals surface area (Å²) in [4.78, 5) is 1.41. The van der Waals surface area contributed by atoms with Crippen LogP contribution in [0.25, 0.3) is 0 Å².